The maximum absolute atomic E-state index is 13.1. The lowest BCUT2D eigenvalue weighted by molar-refractivity contribution is -0.118. The summed E-state index contributed by atoms with van der Waals surface area (Å²) in [6, 6.07) is 11.9. The number of hydrogen-bond donors (Lipinski definition) is 1. The highest BCUT2D eigenvalue weighted by molar-refractivity contribution is 6.02. The summed E-state index contributed by atoms with van der Waals surface area (Å²) >= 11 is 0. The third-order valence-corrected chi connectivity index (χ3v) is 5.20. The fourth-order valence-corrected chi connectivity index (χ4v) is 3.58. The van der Waals surface area contributed by atoms with E-state index in [-0.39, 0.29) is 17.6 Å². The molecule has 0 spiro atoms. The Hall–Kier alpha value is -2.69. The molecule has 2 amide bonds. The Kier molecular flexibility index (Phi) is 3.60. The van der Waals surface area contributed by atoms with Crippen molar-refractivity contribution in [1.82, 2.24) is 0 Å². The highest BCUT2D eigenvalue weighted by atomic mass is 19.1. The molecule has 1 N–H and O–H groups in total. The van der Waals surface area contributed by atoms with Gasteiger partial charge in [-0.15, -0.1) is 0 Å². The minimum atomic E-state index is -0.563. The fourth-order valence-electron chi connectivity index (χ4n) is 3.58. The largest absolute Gasteiger partial charge is 0.325 e. The molecule has 0 bridgehead atoms. The maximum Gasteiger partial charge on any atom is 0.235 e. The molecule has 1 aliphatic carbocycles. The Balaban J connectivity index is 1.57. The van der Waals surface area contributed by atoms with Gasteiger partial charge in [-0.1, -0.05) is 18.2 Å². The summed E-state index contributed by atoms with van der Waals surface area (Å²) in [7, 11) is 0. The molecule has 0 saturated heterocycles. The first-order valence-corrected chi connectivity index (χ1v) is 8.48. The zero-order valence-corrected chi connectivity index (χ0v) is 14.0. The van der Waals surface area contributed by atoms with E-state index >= 15 is 0 Å². The van der Waals surface area contributed by atoms with Crippen LogP contribution in [0.2, 0.25) is 0 Å². The Labute approximate surface area is 145 Å². The number of anilines is 2. The fraction of sp³-hybridized carbons (Fsp3) is 0.300. The van der Waals surface area contributed by atoms with Gasteiger partial charge in [-0.3, -0.25) is 9.59 Å². The Morgan fingerprint density at radius 1 is 1.12 bits per heavy atom. The van der Waals surface area contributed by atoms with Gasteiger partial charge in [0.15, 0.2) is 0 Å². The van der Waals surface area contributed by atoms with Gasteiger partial charge >= 0.3 is 0 Å². The van der Waals surface area contributed by atoms with Crippen LogP contribution in [0.4, 0.5) is 15.8 Å². The predicted octanol–water partition coefficient (Wildman–Crippen LogP) is 3.41. The summed E-state index contributed by atoms with van der Waals surface area (Å²) in [6.07, 6.45) is 2.35. The number of fused-ring (bicyclic) bond motifs is 1. The van der Waals surface area contributed by atoms with Crippen molar-refractivity contribution >= 4 is 23.2 Å². The molecule has 2 aliphatic rings. The van der Waals surface area contributed by atoms with E-state index < -0.39 is 5.41 Å². The molecule has 5 heteroatoms. The minimum absolute atomic E-state index is 0.00667. The first kappa shape index (κ1) is 15.8. The predicted molar refractivity (Wildman–Crippen MR) is 94.1 cm³/mol. The van der Waals surface area contributed by atoms with E-state index in [0.29, 0.717) is 12.2 Å². The smallest absolute Gasteiger partial charge is 0.235 e. The first-order chi connectivity index (χ1) is 12.0. The number of rotatable bonds is 3. The molecule has 0 atom stereocenters. The lowest BCUT2D eigenvalue weighted by Crippen LogP contribution is -2.28. The number of halogens is 1. The number of nitrogens with zero attached hydrogens (tertiary/aromatic N) is 1. The summed E-state index contributed by atoms with van der Waals surface area (Å²) in [4.78, 5) is 26.3. The molecule has 25 heavy (non-hydrogen) atoms. The van der Waals surface area contributed by atoms with Crippen molar-refractivity contribution < 1.29 is 14.0 Å². The second-order valence-corrected chi connectivity index (χ2v) is 6.81. The number of benzene rings is 2. The molecule has 4 rings (SSSR count). The minimum Gasteiger partial charge on any atom is -0.325 e. The molecule has 4 nitrogen and oxygen atoms in total. The molecule has 0 unspecified atom stereocenters. The summed E-state index contributed by atoms with van der Waals surface area (Å²) in [6.45, 7) is 2.23. The van der Waals surface area contributed by atoms with E-state index in [9.17, 15) is 14.0 Å². The topological polar surface area (TPSA) is 49.4 Å². The number of carbonyl (C=O) groups excluding carboxylic acids is 2. The van der Waals surface area contributed by atoms with Crippen LogP contribution in [0.15, 0.2) is 42.5 Å². The van der Waals surface area contributed by atoms with Crippen LogP contribution in [0.1, 0.15) is 30.9 Å². The van der Waals surface area contributed by atoms with Gasteiger partial charge in [-0.05, 0) is 54.7 Å². The molecule has 1 heterocycles. The number of amides is 2. The van der Waals surface area contributed by atoms with Gasteiger partial charge in [0, 0.05) is 24.8 Å². The Morgan fingerprint density at radius 2 is 1.84 bits per heavy atom. The van der Waals surface area contributed by atoms with E-state index in [1.54, 1.807) is 24.0 Å². The van der Waals surface area contributed by atoms with Crippen molar-refractivity contribution in [2.75, 3.05) is 16.8 Å². The van der Waals surface area contributed by atoms with Crippen molar-refractivity contribution in [3.63, 3.8) is 0 Å². The summed E-state index contributed by atoms with van der Waals surface area (Å²) in [5.41, 5.74) is 2.96. The Bertz CT molecular complexity index is 856. The molecular formula is C20H19FN2O2. The monoisotopic (exact) mass is 338 g/mol. The van der Waals surface area contributed by atoms with E-state index in [2.05, 4.69) is 5.32 Å². The molecule has 0 radical (unpaired) electrons. The second-order valence-electron chi connectivity index (χ2n) is 6.81. The van der Waals surface area contributed by atoms with Gasteiger partial charge in [0.1, 0.15) is 5.82 Å². The zero-order chi connectivity index (χ0) is 17.6. The van der Waals surface area contributed by atoms with Crippen molar-refractivity contribution in [2.24, 2.45) is 0 Å². The third-order valence-electron chi connectivity index (χ3n) is 5.20. The van der Waals surface area contributed by atoms with Crippen molar-refractivity contribution in [2.45, 2.75) is 31.6 Å². The average molecular weight is 338 g/mol. The summed E-state index contributed by atoms with van der Waals surface area (Å²) < 4.78 is 13.1. The van der Waals surface area contributed by atoms with Crippen LogP contribution < -0.4 is 10.2 Å². The lowest BCUT2D eigenvalue weighted by Gasteiger charge is -2.18. The van der Waals surface area contributed by atoms with Crippen LogP contribution in [0.5, 0.6) is 0 Å². The van der Waals surface area contributed by atoms with Gasteiger partial charge in [0.05, 0.1) is 5.41 Å². The van der Waals surface area contributed by atoms with Crippen LogP contribution in [0.25, 0.3) is 0 Å². The van der Waals surface area contributed by atoms with Gasteiger partial charge in [0.2, 0.25) is 11.8 Å². The van der Waals surface area contributed by atoms with E-state index in [1.807, 2.05) is 18.2 Å². The molecule has 1 fully saturated rings. The first-order valence-electron chi connectivity index (χ1n) is 8.48. The van der Waals surface area contributed by atoms with Gasteiger partial charge in [-0.2, -0.15) is 0 Å². The van der Waals surface area contributed by atoms with Crippen LogP contribution in [0, 0.1) is 5.82 Å². The number of carbonyl (C=O) groups is 2. The lowest BCUT2D eigenvalue weighted by atomic mass is 9.95. The van der Waals surface area contributed by atoms with Crippen LogP contribution in [-0.4, -0.2) is 18.4 Å². The average Bonchev–Trinajstić information content (AvgIpc) is 3.29. The standard InChI is InChI=1S/C20H19FN2O2/c1-13(24)23-11-8-14-2-7-17(12-18(14)23)22-19(25)20(9-10-20)15-3-5-16(21)6-4-15/h2-7,12H,8-11H2,1H3,(H,22,25). The van der Waals surface area contributed by atoms with E-state index in [1.165, 1.54) is 12.1 Å². The normalized spacial score (nSPS) is 17.1. The number of hydrogen-bond acceptors (Lipinski definition) is 2. The van der Waals surface area contributed by atoms with Gasteiger partial charge in [0.25, 0.3) is 0 Å². The molecule has 0 aromatic heterocycles. The second kappa shape index (κ2) is 5.69. The van der Waals surface area contributed by atoms with Gasteiger partial charge in [-0.25, -0.2) is 4.39 Å². The quantitative estimate of drug-likeness (QED) is 0.932. The van der Waals surface area contributed by atoms with Crippen LogP contribution in [-0.2, 0) is 21.4 Å². The van der Waals surface area contributed by atoms with Crippen molar-refractivity contribution in [1.29, 1.82) is 0 Å². The summed E-state index contributed by atoms with van der Waals surface area (Å²) in [5.74, 6) is -0.374. The van der Waals surface area contributed by atoms with Crippen molar-refractivity contribution in [3.8, 4) is 0 Å². The summed E-state index contributed by atoms with van der Waals surface area (Å²) in [5, 5.41) is 2.98. The molecule has 2 aromatic rings. The Morgan fingerprint density at radius 3 is 2.48 bits per heavy atom. The van der Waals surface area contributed by atoms with Gasteiger partial charge < -0.3 is 10.2 Å². The highest BCUT2D eigenvalue weighted by Crippen LogP contribution is 2.49. The number of nitrogens with one attached hydrogen (secondary N) is 1. The van der Waals surface area contributed by atoms with Crippen LogP contribution in [0.3, 0.4) is 0 Å². The zero-order valence-electron chi connectivity index (χ0n) is 14.0. The highest BCUT2D eigenvalue weighted by Gasteiger charge is 2.51. The van der Waals surface area contributed by atoms with Crippen LogP contribution >= 0.6 is 0 Å². The SMILES string of the molecule is CC(=O)N1CCc2ccc(NC(=O)C3(c4ccc(F)cc4)CC3)cc21. The molecule has 2 aromatic carbocycles. The maximum atomic E-state index is 13.1. The third kappa shape index (κ3) is 2.69. The molecule has 128 valence electrons. The molecule has 1 aliphatic heterocycles. The molecular weight excluding hydrogens is 319 g/mol. The van der Waals surface area contributed by atoms with Crippen molar-refractivity contribution in [3.05, 3.63) is 59.4 Å². The van der Waals surface area contributed by atoms with E-state index in [0.717, 1.165) is 36.1 Å². The molecule has 1 saturated carbocycles. The van der Waals surface area contributed by atoms with E-state index in [4.69, 9.17) is 0 Å².